The lowest BCUT2D eigenvalue weighted by molar-refractivity contribution is 0.414. The molecule has 0 aliphatic heterocycles. The second kappa shape index (κ2) is 9.74. The minimum atomic E-state index is 0.302. The average molecular weight is 442 g/mol. The van der Waals surface area contributed by atoms with Crippen molar-refractivity contribution in [2.24, 2.45) is 0 Å². The van der Waals surface area contributed by atoms with Crippen LogP contribution >= 0.6 is 46.6 Å². The molecular weight excluding hydrogens is 423 g/mol. The van der Waals surface area contributed by atoms with Crippen LogP contribution in [0.2, 0.25) is 15.1 Å². The van der Waals surface area contributed by atoms with Crippen LogP contribution in [0.15, 0.2) is 60.0 Å². The number of aromatic nitrogens is 2. The fraction of sp³-hybridized carbons (Fsp3) is 0.250. The third-order valence-electron chi connectivity index (χ3n) is 4.16. The number of imidazole rings is 1. The highest BCUT2D eigenvalue weighted by molar-refractivity contribution is 8.00. The first-order chi connectivity index (χ1) is 13.0. The molecule has 0 amide bonds. The first-order valence-corrected chi connectivity index (χ1v) is 10.5. The van der Waals surface area contributed by atoms with Crippen molar-refractivity contribution >= 4 is 46.6 Å². The van der Waals surface area contributed by atoms with Crippen molar-refractivity contribution in [3.63, 3.8) is 0 Å². The maximum Gasteiger partial charge on any atom is 0.118 e. The first kappa shape index (κ1) is 20.4. The summed E-state index contributed by atoms with van der Waals surface area (Å²) in [5, 5.41) is 1.90. The van der Waals surface area contributed by atoms with Gasteiger partial charge >= 0.3 is 0 Å². The van der Waals surface area contributed by atoms with Crippen LogP contribution in [-0.2, 0) is 13.0 Å². The van der Waals surface area contributed by atoms with Crippen LogP contribution in [0.4, 0.5) is 0 Å². The molecule has 0 aliphatic carbocycles. The van der Waals surface area contributed by atoms with Crippen molar-refractivity contribution < 1.29 is 4.74 Å². The summed E-state index contributed by atoms with van der Waals surface area (Å²) in [6.07, 6.45) is 7.52. The second-order valence-electron chi connectivity index (χ2n) is 6.08. The van der Waals surface area contributed by atoms with Gasteiger partial charge in [-0.3, -0.25) is 0 Å². The van der Waals surface area contributed by atoms with E-state index in [4.69, 9.17) is 39.5 Å². The highest BCUT2D eigenvalue weighted by Crippen LogP contribution is 2.38. The highest BCUT2D eigenvalue weighted by atomic mass is 35.5. The van der Waals surface area contributed by atoms with Crippen molar-refractivity contribution in [1.82, 2.24) is 9.55 Å². The maximum absolute atomic E-state index is 6.38. The molecular formula is C20H19Cl3N2OS. The monoisotopic (exact) mass is 440 g/mol. The van der Waals surface area contributed by atoms with E-state index in [0.29, 0.717) is 20.3 Å². The van der Waals surface area contributed by atoms with E-state index in [2.05, 4.69) is 21.7 Å². The molecule has 1 heterocycles. The van der Waals surface area contributed by atoms with E-state index in [9.17, 15) is 0 Å². The summed E-state index contributed by atoms with van der Waals surface area (Å²) in [5.41, 5.74) is 1.27. The van der Waals surface area contributed by atoms with Gasteiger partial charge in [0.05, 0.1) is 28.5 Å². The summed E-state index contributed by atoms with van der Waals surface area (Å²) in [6.45, 7) is 0.831. The van der Waals surface area contributed by atoms with E-state index in [1.165, 1.54) is 5.56 Å². The number of thioether (sulfide) groups is 1. The summed E-state index contributed by atoms with van der Waals surface area (Å²) in [6, 6.07) is 11.7. The van der Waals surface area contributed by atoms with Gasteiger partial charge in [0.1, 0.15) is 5.75 Å². The Bertz CT molecular complexity index is 870. The first-order valence-electron chi connectivity index (χ1n) is 8.45. The zero-order valence-corrected chi connectivity index (χ0v) is 17.8. The Kier molecular flexibility index (Phi) is 7.36. The largest absolute Gasteiger partial charge is 0.497 e. The minimum Gasteiger partial charge on any atom is -0.497 e. The Morgan fingerprint density at radius 1 is 1.07 bits per heavy atom. The number of rotatable bonds is 8. The zero-order chi connectivity index (χ0) is 19.2. The molecule has 1 aromatic heterocycles. The predicted octanol–water partition coefficient (Wildman–Crippen LogP) is 6.65. The highest BCUT2D eigenvalue weighted by Gasteiger charge is 2.15. The van der Waals surface area contributed by atoms with Gasteiger partial charge in [0.15, 0.2) is 0 Å². The molecule has 27 heavy (non-hydrogen) atoms. The lowest BCUT2D eigenvalue weighted by Crippen LogP contribution is -2.13. The fourth-order valence-corrected chi connectivity index (χ4v) is 4.66. The van der Waals surface area contributed by atoms with Gasteiger partial charge in [0.25, 0.3) is 0 Å². The molecule has 0 N–H and O–H groups in total. The van der Waals surface area contributed by atoms with Crippen molar-refractivity contribution in [1.29, 1.82) is 0 Å². The summed E-state index contributed by atoms with van der Waals surface area (Å²) in [7, 11) is 1.67. The van der Waals surface area contributed by atoms with E-state index in [0.717, 1.165) is 30.0 Å². The number of benzene rings is 2. The van der Waals surface area contributed by atoms with E-state index in [1.807, 2.05) is 30.7 Å². The molecule has 1 atom stereocenters. The quantitative estimate of drug-likeness (QED) is 0.289. The molecule has 2 aromatic carbocycles. The molecule has 7 heteroatoms. The normalized spacial score (nSPS) is 12.1. The van der Waals surface area contributed by atoms with Gasteiger partial charge in [-0.15, -0.1) is 11.8 Å². The third-order valence-corrected chi connectivity index (χ3v) is 6.61. The number of halogens is 3. The second-order valence-corrected chi connectivity index (χ2v) is 8.65. The molecule has 3 nitrogen and oxygen atoms in total. The molecule has 0 saturated carbocycles. The van der Waals surface area contributed by atoms with Crippen LogP contribution < -0.4 is 4.74 Å². The summed E-state index contributed by atoms with van der Waals surface area (Å²) < 4.78 is 7.31. The Hall–Kier alpha value is -1.33. The molecule has 0 bridgehead atoms. The molecule has 0 aliphatic rings. The molecule has 3 aromatic rings. The summed E-state index contributed by atoms with van der Waals surface area (Å²) in [5.74, 6) is 0.866. The van der Waals surface area contributed by atoms with Crippen LogP contribution in [0.25, 0.3) is 0 Å². The average Bonchev–Trinajstić information content (AvgIpc) is 3.17. The van der Waals surface area contributed by atoms with Gasteiger partial charge in [-0.25, -0.2) is 4.98 Å². The molecule has 0 radical (unpaired) electrons. The Morgan fingerprint density at radius 3 is 2.48 bits per heavy atom. The van der Waals surface area contributed by atoms with Gasteiger partial charge in [0.2, 0.25) is 0 Å². The number of nitrogens with zero attached hydrogens (tertiary/aromatic N) is 2. The lowest BCUT2D eigenvalue weighted by atomic mass is 10.1. The molecule has 0 saturated heterocycles. The molecule has 0 fully saturated rings. The van der Waals surface area contributed by atoms with Gasteiger partial charge in [-0.05, 0) is 42.7 Å². The Morgan fingerprint density at radius 2 is 1.81 bits per heavy atom. The molecule has 1 unspecified atom stereocenters. The number of ether oxygens (including phenoxy) is 1. The van der Waals surface area contributed by atoms with E-state index < -0.39 is 0 Å². The van der Waals surface area contributed by atoms with E-state index in [-0.39, 0.29) is 0 Å². The van der Waals surface area contributed by atoms with Crippen LogP contribution in [0, 0.1) is 0 Å². The summed E-state index contributed by atoms with van der Waals surface area (Å²) >= 11 is 20.3. The van der Waals surface area contributed by atoms with Gasteiger partial charge in [-0.2, -0.15) is 0 Å². The summed E-state index contributed by atoms with van der Waals surface area (Å²) in [4.78, 5) is 5.07. The topological polar surface area (TPSA) is 27.1 Å². The predicted molar refractivity (Wildman–Crippen MR) is 115 cm³/mol. The Labute approximate surface area is 178 Å². The van der Waals surface area contributed by atoms with E-state index >= 15 is 0 Å². The van der Waals surface area contributed by atoms with Gasteiger partial charge < -0.3 is 9.30 Å². The molecule has 3 rings (SSSR count). The lowest BCUT2D eigenvalue weighted by Gasteiger charge is -2.18. The van der Waals surface area contributed by atoms with Gasteiger partial charge in [0, 0.05) is 29.1 Å². The van der Waals surface area contributed by atoms with Crippen LogP contribution in [0.3, 0.4) is 0 Å². The van der Waals surface area contributed by atoms with Crippen molar-refractivity contribution in [3.05, 3.63) is 75.8 Å². The van der Waals surface area contributed by atoms with Crippen LogP contribution in [-0.4, -0.2) is 21.9 Å². The maximum atomic E-state index is 6.38. The zero-order valence-electron chi connectivity index (χ0n) is 14.7. The smallest absolute Gasteiger partial charge is 0.118 e. The van der Waals surface area contributed by atoms with Crippen molar-refractivity contribution in [2.75, 3.05) is 7.11 Å². The van der Waals surface area contributed by atoms with E-state index in [1.54, 1.807) is 31.1 Å². The number of hydrogen-bond donors (Lipinski definition) is 0. The van der Waals surface area contributed by atoms with Crippen molar-refractivity contribution in [2.45, 2.75) is 29.5 Å². The van der Waals surface area contributed by atoms with Crippen LogP contribution in [0.5, 0.6) is 5.75 Å². The Balaban J connectivity index is 1.73. The van der Waals surface area contributed by atoms with Crippen molar-refractivity contribution in [3.8, 4) is 5.75 Å². The standard InChI is InChI=1S/C20H19Cl3N2OS/c1-26-15-5-2-14(3-6-15)4-7-16(12-25-9-8-24-13-25)27-20-11-18(22)17(21)10-19(20)23/h2-3,5-6,8-11,13,16H,4,7,12H2,1H3. The SMILES string of the molecule is COc1ccc(CCC(Cn2ccnc2)Sc2cc(Cl)c(Cl)cc2Cl)cc1. The number of hydrogen-bond acceptors (Lipinski definition) is 3. The minimum absolute atomic E-state index is 0.302. The molecule has 142 valence electrons. The van der Waals surface area contributed by atoms with Crippen LogP contribution in [0.1, 0.15) is 12.0 Å². The number of methoxy groups -OCH3 is 1. The third kappa shape index (κ3) is 5.82. The fourth-order valence-electron chi connectivity index (χ4n) is 2.71. The molecule has 0 spiro atoms. The number of aryl methyl sites for hydroxylation is 1. The van der Waals surface area contributed by atoms with Gasteiger partial charge in [-0.1, -0.05) is 46.9 Å².